The molecule has 0 bridgehead atoms. The van der Waals surface area contributed by atoms with Crippen LogP contribution < -0.4 is 5.32 Å². The van der Waals surface area contributed by atoms with Crippen molar-refractivity contribution in [2.24, 2.45) is 10.8 Å². The van der Waals surface area contributed by atoms with Crippen LogP contribution in [0.1, 0.15) is 54.9 Å². The summed E-state index contributed by atoms with van der Waals surface area (Å²) in [6.45, 7) is 8.22. The van der Waals surface area contributed by atoms with Crippen molar-refractivity contribution in [1.82, 2.24) is 10.2 Å². The summed E-state index contributed by atoms with van der Waals surface area (Å²) in [6.07, 6.45) is 5.48. The van der Waals surface area contributed by atoms with Gasteiger partial charge in [0.1, 0.15) is 0 Å². The lowest BCUT2D eigenvalue weighted by atomic mass is 9.82. The Hall–Kier alpha value is -4.75. The molecule has 4 aromatic carbocycles. The SMILES string of the molecule is CC(=O)OCC#CCC(CCN(C)CC1=CCC(COCc2ccccc2)(COCc2ccccc2)CCN1)(COCc1ccccc1)COCc1ccccc1. The van der Waals surface area contributed by atoms with Crippen LogP contribution in [-0.4, -0.2) is 70.6 Å². The molecule has 0 radical (unpaired) electrons. The van der Waals surface area contributed by atoms with Crippen molar-refractivity contribution in [2.45, 2.75) is 59.0 Å². The molecule has 57 heavy (non-hydrogen) atoms. The maximum absolute atomic E-state index is 11.4. The summed E-state index contributed by atoms with van der Waals surface area (Å²) in [5, 5.41) is 3.74. The van der Waals surface area contributed by atoms with E-state index in [-0.39, 0.29) is 18.0 Å². The van der Waals surface area contributed by atoms with Gasteiger partial charge in [0.05, 0.1) is 52.9 Å². The minimum Gasteiger partial charge on any atom is -0.453 e. The second kappa shape index (κ2) is 24.1. The first-order valence-corrected chi connectivity index (χ1v) is 20.1. The summed E-state index contributed by atoms with van der Waals surface area (Å²) in [5.74, 6) is 6.01. The molecule has 0 amide bonds. The van der Waals surface area contributed by atoms with E-state index in [0.717, 1.165) is 50.0 Å². The Kier molecular flexibility index (Phi) is 18.4. The normalized spacial score (nSPS) is 13.8. The number of nitrogens with zero attached hydrogens (tertiary/aromatic N) is 1. The van der Waals surface area contributed by atoms with Gasteiger partial charge in [-0.05, 0) is 55.1 Å². The van der Waals surface area contributed by atoms with E-state index in [1.54, 1.807) is 0 Å². The fraction of sp³-hybridized carbons (Fsp3) is 0.408. The molecule has 4 aromatic rings. The van der Waals surface area contributed by atoms with Crippen LogP contribution in [0.3, 0.4) is 0 Å². The molecule has 8 nitrogen and oxygen atoms in total. The molecule has 1 aliphatic heterocycles. The number of ether oxygens (including phenoxy) is 5. The highest BCUT2D eigenvalue weighted by Gasteiger charge is 2.33. The van der Waals surface area contributed by atoms with Crippen molar-refractivity contribution in [2.75, 3.05) is 59.7 Å². The van der Waals surface area contributed by atoms with E-state index in [9.17, 15) is 4.79 Å². The van der Waals surface area contributed by atoms with Gasteiger partial charge in [-0.15, -0.1) is 0 Å². The number of likely N-dealkylation sites (N-methyl/N-ethyl adjacent to an activating group) is 1. The average molecular weight is 773 g/mol. The molecule has 302 valence electrons. The molecule has 1 aliphatic rings. The first-order valence-electron chi connectivity index (χ1n) is 20.1. The summed E-state index contributed by atoms with van der Waals surface area (Å²) in [4.78, 5) is 13.8. The number of benzene rings is 4. The molecule has 0 saturated carbocycles. The molecule has 1 heterocycles. The van der Waals surface area contributed by atoms with E-state index in [1.165, 1.54) is 23.7 Å². The van der Waals surface area contributed by atoms with Gasteiger partial charge in [0.25, 0.3) is 0 Å². The predicted octanol–water partition coefficient (Wildman–Crippen LogP) is 8.37. The summed E-state index contributed by atoms with van der Waals surface area (Å²) in [7, 11) is 2.17. The van der Waals surface area contributed by atoms with Crippen molar-refractivity contribution < 1.29 is 28.5 Å². The maximum atomic E-state index is 11.4. The number of nitrogens with one attached hydrogen (secondary N) is 1. The highest BCUT2D eigenvalue weighted by molar-refractivity contribution is 5.66. The van der Waals surface area contributed by atoms with E-state index in [2.05, 4.69) is 108 Å². The molecule has 5 rings (SSSR count). The lowest BCUT2D eigenvalue weighted by Gasteiger charge is -2.34. The number of carbonyl (C=O) groups is 1. The van der Waals surface area contributed by atoms with Crippen LogP contribution in [0.4, 0.5) is 0 Å². The number of hydrogen-bond acceptors (Lipinski definition) is 8. The van der Waals surface area contributed by atoms with Crippen molar-refractivity contribution in [1.29, 1.82) is 0 Å². The van der Waals surface area contributed by atoms with Crippen LogP contribution in [0.25, 0.3) is 0 Å². The molecule has 0 aliphatic carbocycles. The van der Waals surface area contributed by atoms with Crippen molar-refractivity contribution in [3.05, 3.63) is 155 Å². The van der Waals surface area contributed by atoms with Crippen LogP contribution in [0.2, 0.25) is 0 Å². The molecule has 0 fully saturated rings. The Morgan fingerprint density at radius 2 is 1.18 bits per heavy atom. The molecule has 0 aromatic heterocycles. The highest BCUT2D eigenvalue weighted by Crippen LogP contribution is 2.33. The molecule has 0 spiro atoms. The summed E-state index contributed by atoms with van der Waals surface area (Å²) in [6, 6.07) is 41.1. The van der Waals surface area contributed by atoms with Gasteiger partial charge in [-0.3, -0.25) is 4.79 Å². The summed E-state index contributed by atoms with van der Waals surface area (Å²) in [5.41, 5.74) is 5.24. The van der Waals surface area contributed by atoms with E-state index in [1.807, 2.05) is 48.5 Å². The zero-order valence-electron chi connectivity index (χ0n) is 33.8. The van der Waals surface area contributed by atoms with Crippen LogP contribution in [0.15, 0.2) is 133 Å². The van der Waals surface area contributed by atoms with E-state index >= 15 is 0 Å². The zero-order chi connectivity index (χ0) is 39.9. The predicted molar refractivity (Wildman–Crippen MR) is 226 cm³/mol. The largest absolute Gasteiger partial charge is 0.453 e. The number of esters is 1. The molecule has 0 saturated heterocycles. The van der Waals surface area contributed by atoms with Crippen LogP contribution >= 0.6 is 0 Å². The monoisotopic (exact) mass is 772 g/mol. The molecule has 0 atom stereocenters. The van der Waals surface area contributed by atoms with Crippen molar-refractivity contribution in [3.8, 4) is 11.8 Å². The lowest BCUT2D eigenvalue weighted by molar-refractivity contribution is -0.139. The van der Waals surface area contributed by atoms with Gasteiger partial charge in [0.2, 0.25) is 0 Å². The number of carbonyl (C=O) groups excluding carboxylic acids is 1. The zero-order valence-corrected chi connectivity index (χ0v) is 33.8. The Morgan fingerprint density at radius 3 is 1.65 bits per heavy atom. The Labute approximate surface area is 340 Å². The van der Waals surface area contributed by atoms with Gasteiger partial charge in [0, 0.05) is 43.0 Å². The maximum Gasteiger partial charge on any atom is 0.303 e. The number of allylic oxidation sites excluding steroid dienone is 1. The second-order valence-corrected chi connectivity index (χ2v) is 15.3. The number of hydrogen-bond donors (Lipinski definition) is 1. The van der Waals surface area contributed by atoms with Crippen LogP contribution in [0, 0.1) is 22.7 Å². The minimum atomic E-state index is -0.395. The fourth-order valence-electron chi connectivity index (χ4n) is 6.88. The summed E-state index contributed by atoms with van der Waals surface area (Å²) >= 11 is 0. The first-order chi connectivity index (χ1) is 27.9. The molecule has 1 N–H and O–H groups in total. The van der Waals surface area contributed by atoms with Gasteiger partial charge in [-0.25, -0.2) is 0 Å². The Morgan fingerprint density at radius 1 is 0.702 bits per heavy atom. The van der Waals surface area contributed by atoms with Gasteiger partial charge >= 0.3 is 5.97 Å². The van der Waals surface area contributed by atoms with Gasteiger partial charge in [0.15, 0.2) is 6.61 Å². The minimum absolute atomic E-state index is 0.0664. The molecular weight excluding hydrogens is 713 g/mol. The standard InChI is InChI=1S/C49H60N2O6/c1-42(52)57-32-16-15-26-48(38-53-34-43-17-7-3-8-18-43,39-54-35-44-19-9-4-10-20-44)29-31-51(2)33-47-25-27-49(28-30-50-47,40-55-36-45-21-11-5-12-22-45)41-56-37-46-23-13-6-14-24-46/h3-14,17-25,50H,26-41H2,1-2H3. The quantitative estimate of drug-likeness (QED) is 0.0596. The van der Waals surface area contributed by atoms with E-state index < -0.39 is 5.41 Å². The third-order valence-corrected chi connectivity index (χ3v) is 10.3. The Bertz CT molecular complexity index is 1720. The topological polar surface area (TPSA) is 78.5 Å². The molecule has 8 heteroatoms. The average Bonchev–Trinajstić information content (AvgIpc) is 3.43. The molecular formula is C49H60N2O6. The third kappa shape index (κ3) is 16.3. The van der Waals surface area contributed by atoms with Crippen LogP contribution in [0.5, 0.6) is 0 Å². The van der Waals surface area contributed by atoms with Gasteiger partial charge in [-0.2, -0.15) is 0 Å². The number of rotatable bonds is 23. The smallest absolute Gasteiger partial charge is 0.303 e. The highest BCUT2D eigenvalue weighted by atomic mass is 16.5. The van der Waals surface area contributed by atoms with Crippen molar-refractivity contribution in [3.63, 3.8) is 0 Å². The first kappa shape index (κ1) is 43.4. The lowest BCUT2D eigenvalue weighted by Crippen LogP contribution is -2.37. The van der Waals surface area contributed by atoms with Gasteiger partial charge < -0.3 is 33.9 Å². The fourth-order valence-corrected chi connectivity index (χ4v) is 6.88. The Balaban J connectivity index is 1.25. The van der Waals surface area contributed by atoms with Gasteiger partial charge in [-0.1, -0.05) is 139 Å². The van der Waals surface area contributed by atoms with Crippen LogP contribution in [-0.2, 0) is 54.9 Å². The second-order valence-electron chi connectivity index (χ2n) is 15.3. The third-order valence-electron chi connectivity index (χ3n) is 10.3. The van der Waals surface area contributed by atoms with Crippen molar-refractivity contribution >= 4 is 5.97 Å². The van der Waals surface area contributed by atoms with E-state index in [4.69, 9.17) is 23.7 Å². The summed E-state index contributed by atoms with van der Waals surface area (Å²) < 4.78 is 30.7. The molecule has 0 unspecified atom stereocenters. The van der Waals surface area contributed by atoms with E-state index in [0.29, 0.717) is 59.3 Å².